The van der Waals surface area contributed by atoms with Gasteiger partial charge in [-0.2, -0.15) is 5.26 Å². The van der Waals surface area contributed by atoms with Crippen LogP contribution < -0.4 is 9.47 Å². The zero-order valence-electron chi connectivity index (χ0n) is 18.3. The maximum Gasteiger partial charge on any atom is 0.348 e. The Hall–Kier alpha value is -3.59. The lowest BCUT2D eigenvalue weighted by Gasteiger charge is -2.19. The van der Waals surface area contributed by atoms with E-state index in [-0.39, 0.29) is 23.4 Å². The fourth-order valence-electron chi connectivity index (χ4n) is 2.72. The van der Waals surface area contributed by atoms with E-state index in [0.717, 1.165) is 5.75 Å². The van der Waals surface area contributed by atoms with Crippen molar-refractivity contribution in [3.8, 4) is 17.6 Å². The Morgan fingerprint density at radius 2 is 1.77 bits per heavy atom. The topological polar surface area (TPSA) is 85.6 Å². The molecule has 0 aromatic heterocycles. The average molecular weight is 421 g/mol. The van der Waals surface area contributed by atoms with Crippen LogP contribution in [0.5, 0.6) is 11.5 Å². The van der Waals surface area contributed by atoms with Gasteiger partial charge in [0.05, 0.1) is 13.7 Å². The Morgan fingerprint density at radius 1 is 1.06 bits per heavy atom. The molecule has 31 heavy (non-hydrogen) atoms. The van der Waals surface area contributed by atoms with Gasteiger partial charge in [-0.15, -0.1) is 0 Å². The van der Waals surface area contributed by atoms with Crippen LogP contribution in [0.2, 0.25) is 0 Å². The van der Waals surface area contributed by atoms with Gasteiger partial charge in [0.15, 0.2) is 0 Å². The quantitative estimate of drug-likeness (QED) is 0.200. The molecule has 162 valence electrons. The lowest BCUT2D eigenvalue weighted by molar-refractivity contribution is -0.136. The van der Waals surface area contributed by atoms with Crippen LogP contribution in [0.3, 0.4) is 0 Å². The van der Waals surface area contributed by atoms with Gasteiger partial charge in [0.25, 0.3) is 0 Å². The molecule has 0 N–H and O–H groups in total. The maximum atomic E-state index is 12.1. The van der Waals surface area contributed by atoms with Gasteiger partial charge in [-0.1, -0.05) is 45.0 Å². The van der Waals surface area contributed by atoms with Gasteiger partial charge in [0, 0.05) is 6.42 Å². The Balaban J connectivity index is 1.83. The SMILES string of the molecule is COC(=O)/C(C#N)=C/c1cccc(OC(=O)CCCOc2ccc(C(C)(C)C)cc2)c1. The smallest absolute Gasteiger partial charge is 0.348 e. The van der Waals surface area contributed by atoms with Gasteiger partial charge < -0.3 is 14.2 Å². The normalized spacial score (nSPS) is 11.4. The number of methoxy groups -OCH3 is 1. The van der Waals surface area contributed by atoms with Gasteiger partial charge in [0.2, 0.25) is 0 Å². The fraction of sp³-hybridized carbons (Fsp3) is 0.320. The van der Waals surface area contributed by atoms with Gasteiger partial charge >= 0.3 is 11.9 Å². The summed E-state index contributed by atoms with van der Waals surface area (Å²) in [6.07, 6.45) is 2.09. The molecular weight excluding hydrogens is 394 g/mol. The molecule has 0 bridgehead atoms. The lowest BCUT2D eigenvalue weighted by atomic mass is 9.87. The highest BCUT2D eigenvalue weighted by molar-refractivity contribution is 5.97. The van der Waals surface area contributed by atoms with Crippen molar-refractivity contribution < 1.29 is 23.8 Å². The van der Waals surface area contributed by atoms with Crippen LogP contribution in [-0.4, -0.2) is 25.7 Å². The molecule has 0 saturated carbocycles. The molecular formula is C25H27NO5. The van der Waals surface area contributed by atoms with E-state index < -0.39 is 5.97 Å². The van der Waals surface area contributed by atoms with E-state index in [0.29, 0.717) is 24.3 Å². The van der Waals surface area contributed by atoms with Crippen LogP contribution in [0, 0.1) is 11.3 Å². The summed E-state index contributed by atoms with van der Waals surface area (Å²) in [4.78, 5) is 23.6. The number of ether oxygens (including phenoxy) is 3. The molecule has 0 radical (unpaired) electrons. The Bertz CT molecular complexity index is 978. The molecule has 0 fully saturated rings. The number of carbonyl (C=O) groups is 2. The zero-order chi connectivity index (χ0) is 22.9. The molecule has 0 aliphatic rings. The van der Waals surface area contributed by atoms with Crippen molar-refractivity contribution in [1.82, 2.24) is 0 Å². The van der Waals surface area contributed by atoms with E-state index >= 15 is 0 Å². The molecule has 2 aromatic rings. The van der Waals surface area contributed by atoms with E-state index in [1.165, 1.54) is 18.7 Å². The van der Waals surface area contributed by atoms with Gasteiger partial charge in [-0.25, -0.2) is 4.79 Å². The summed E-state index contributed by atoms with van der Waals surface area (Å²) in [6, 6.07) is 16.3. The number of carbonyl (C=O) groups excluding carboxylic acids is 2. The van der Waals surface area contributed by atoms with Gasteiger partial charge in [-0.3, -0.25) is 4.79 Å². The number of hydrogen-bond acceptors (Lipinski definition) is 6. The molecule has 0 amide bonds. The highest BCUT2D eigenvalue weighted by Gasteiger charge is 2.13. The van der Waals surface area contributed by atoms with Crippen molar-refractivity contribution in [2.45, 2.75) is 39.0 Å². The molecule has 0 atom stereocenters. The third-order valence-electron chi connectivity index (χ3n) is 4.44. The Kier molecular flexibility index (Phi) is 8.39. The summed E-state index contributed by atoms with van der Waals surface area (Å²) >= 11 is 0. The van der Waals surface area contributed by atoms with Crippen molar-refractivity contribution in [2.75, 3.05) is 13.7 Å². The molecule has 0 aliphatic carbocycles. The highest BCUT2D eigenvalue weighted by Crippen LogP contribution is 2.24. The summed E-state index contributed by atoms with van der Waals surface area (Å²) in [7, 11) is 1.20. The standard InChI is InChI=1S/C25H27NO5/c1-25(2,3)20-10-12-21(13-11-20)30-14-6-9-23(27)31-22-8-5-7-18(16-22)15-19(17-26)24(28)29-4/h5,7-8,10-13,15-16H,6,9,14H2,1-4H3/b19-15+. The van der Waals surface area contributed by atoms with Crippen LogP contribution >= 0.6 is 0 Å². The third-order valence-corrected chi connectivity index (χ3v) is 4.44. The number of hydrogen-bond donors (Lipinski definition) is 0. The van der Waals surface area contributed by atoms with Gasteiger partial charge in [-0.05, 0) is 53.3 Å². The summed E-state index contributed by atoms with van der Waals surface area (Å²) in [5.41, 5.74) is 1.73. The molecule has 0 aliphatic heterocycles. The fourth-order valence-corrected chi connectivity index (χ4v) is 2.72. The summed E-state index contributed by atoms with van der Waals surface area (Å²) in [6.45, 7) is 6.86. The van der Waals surface area contributed by atoms with E-state index in [9.17, 15) is 9.59 Å². The van der Waals surface area contributed by atoms with E-state index in [1.54, 1.807) is 30.3 Å². The Labute approximate surface area is 183 Å². The second-order valence-electron chi connectivity index (χ2n) is 7.93. The second-order valence-corrected chi connectivity index (χ2v) is 7.93. The number of nitriles is 1. The van der Waals surface area contributed by atoms with E-state index in [1.807, 2.05) is 24.3 Å². The van der Waals surface area contributed by atoms with Crippen LogP contribution in [0.1, 0.15) is 44.7 Å². The minimum absolute atomic E-state index is 0.0882. The minimum atomic E-state index is -0.724. The van der Waals surface area contributed by atoms with Crippen molar-refractivity contribution in [3.63, 3.8) is 0 Å². The first kappa shape index (κ1) is 23.7. The Morgan fingerprint density at radius 3 is 2.39 bits per heavy atom. The molecule has 2 aromatic carbocycles. The molecule has 0 unspecified atom stereocenters. The predicted octanol–water partition coefficient (Wildman–Crippen LogP) is 4.83. The highest BCUT2D eigenvalue weighted by atomic mass is 16.5. The largest absolute Gasteiger partial charge is 0.494 e. The van der Waals surface area contributed by atoms with Crippen LogP contribution in [-0.2, 0) is 19.7 Å². The minimum Gasteiger partial charge on any atom is -0.494 e. The molecule has 0 heterocycles. The molecule has 0 spiro atoms. The van der Waals surface area contributed by atoms with Crippen molar-refractivity contribution in [1.29, 1.82) is 5.26 Å². The average Bonchev–Trinajstić information content (AvgIpc) is 2.74. The summed E-state index contributed by atoms with van der Waals surface area (Å²) < 4.78 is 15.6. The predicted molar refractivity (Wildman–Crippen MR) is 118 cm³/mol. The summed E-state index contributed by atoms with van der Waals surface area (Å²) in [5.74, 6) is -0.0152. The van der Waals surface area contributed by atoms with E-state index in [4.69, 9.17) is 14.7 Å². The van der Waals surface area contributed by atoms with Crippen LogP contribution in [0.25, 0.3) is 6.08 Å². The zero-order valence-corrected chi connectivity index (χ0v) is 18.3. The molecule has 0 saturated heterocycles. The van der Waals surface area contributed by atoms with Crippen molar-refractivity contribution in [2.24, 2.45) is 0 Å². The van der Waals surface area contributed by atoms with E-state index in [2.05, 4.69) is 25.5 Å². The maximum absolute atomic E-state index is 12.1. The second kappa shape index (κ2) is 11.0. The van der Waals surface area contributed by atoms with Crippen molar-refractivity contribution >= 4 is 18.0 Å². The first-order valence-electron chi connectivity index (χ1n) is 9.97. The lowest BCUT2D eigenvalue weighted by Crippen LogP contribution is -2.11. The number of esters is 2. The number of rotatable bonds is 8. The van der Waals surface area contributed by atoms with Crippen molar-refractivity contribution in [3.05, 3.63) is 65.2 Å². The first-order chi connectivity index (χ1) is 14.7. The van der Waals surface area contributed by atoms with Gasteiger partial charge in [0.1, 0.15) is 23.1 Å². The molecule has 6 nitrogen and oxygen atoms in total. The number of nitrogens with zero attached hydrogens (tertiary/aromatic N) is 1. The molecule has 2 rings (SSSR count). The van der Waals surface area contributed by atoms with Crippen LogP contribution in [0.15, 0.2) is 54.1 Å². The van der Waals surface area contributed by atoms with Crippen LogP contribution in [0.4, 0.5) is 0 Å². The number of benzene rings is 2. The monoisotopic (exact) mass is 421 g/mol. The first-order valence-corrected chi connectivity index (χ1v) is 9.97. The third kappa shape index (κ3) is 7.63. The summed E-state index contributed by atoms with van der Waals surface area (Å²) in [5, 5.41) is 9.04. The molecule has 6 heteroatoms.